The Labute approximate surface area is 85.1 Å². The van der Waals surface area contributed by atoms with Gasteiger partial charge in [0.05, 0.1) is 12.7 Å². The first-order valence-electron chi connectivity index (χ1n) is 4.16. The molecule has 4 nitrogen and oxygen atoms in total. The number of ether oxygens (including phenoxy) is 1. The molecule has 6 heteroatoms. The molecule has 0 amide bonds. The van der Waals surface area contributed by atoms with Gasteiger partial charge in [0, 0.05) is 18.3 Å². The number of halogens is 2. The van der Waals surface area contributed by atoms with Gasteiger partial charge < -0.3 is 10.5 Å². The van der Waals surface area contributed by atoms with Crippen molar-refractivity contribution < 1.29 is 18.3 Å². The molecule has 2 N–H and O–H groups in total. The van der Waals surface area contributed by atoms with Crippen molar-refractivity contribution in [3.05, 3.63) is 29.1 Å². The van der Waals surface area contributed by atoms with Gasteiger partial charge in [-0.2, -0.15) is 0 Å². The van der Waals surface area contributed by atoms with Gasteiger partial charge in [0.1, 0.15) is 5.69 Å². The lowest BCUT2D eigenvalue weighted by atomic mass is 10.1. The SMILES string of the molecule is COC(=O)c1ccnc(C(F)F)c1CN. The van der Waals surface area contributed by atoms with Gasteiger partial charge >= 0.3 is 5.97 Å². The minimum Gasteiger partial charge on any atom is -0.465 e. The second-order valence-corrected chi connectivity index (χ2v) is 2.72. The minimum atomic E-state index is -2.76. The second-order valence-electron chi connectivity index (χ2n) is 2.72. The molecule has 0 unspecified atom stereocenters. The van der Waals surface area contributed by atoms with Gasteiger partial charge in [0.15, 0.2) is 0 Å². The summed E-state index contributed by atoms with van der Waals surface area (Å²) in [4.78, 5) is 14.7. The first-order valence-corrected chi connectivity index (χ1v) is 4.16. The molecule has 0 saturated heterocycles. The van der Waals surface area contributed by atoms with E-state index in [2.05, 4.69) is 9.72 Å². The number of nitrogens with two attached hydrogens (primary N) is 1. The lowest BCUT2D eigenvalue weighted by Crippen LogP contribution is -2.13. The van der Waals surface area contributed by atoms with Crippen LogP contribution >= 0.6 is 0 Å². The molecular formula is C9H10F2N2O2. The first-order chi connectivity index (χ1) is 7.11. The van der Waals surface area contributed by atoms with Crippen molar-refractivity contribution in [3.8, 4) is 0 Å². The van der Waals surface area contributed by atoms with Gasteiger partial charge in [0.25, 0.3) is 6.43 Å². The van der Waals surface area contributed by atoms with E-state index in [9.17, 15) is 13.6 Å². The van der Waals surface area contributed by atoms with Crippen LogP contribution in [0.2, 0.25) is 0 Å². The zero-order valence-corrected chi connectivity index (χ0v) is 8.04. The van der Waals surface area contributed by atoms with Crippen molar-refractivity contribution in [2.45, 2.75) is 13.0 Å². The summed E-state index contributed by atoms with van der Waals surface area (Å²) in [6.07, 6.45) is -1.62. The third-order valence-corrected chi connectivity index (χ3v) is 1.91. The van der Waals surface area contributed by atoms with E-state index in [0.717, 1.165) is 6.20 Å². The second kappa shape index (κ2) is 4.79. The number of methoxy groups -OCH3 is 1. The van der Waals surface area contributed by atoms with Gasteiger partial charge in [-0.3, -0.25) is 4.98 Å². The molecule has 1 heterocycles. The molecule has 0 aliphatic rings. The third-order valence-electron chi connectivity index (χ3n) is 1.91. The number of carbonyl (C=O) groups is 1. The Balaban J connectivity index is 3.28. The Morgan fingerprint density at radius 3 is 2.80 bits per heavy atom. The Kier molecular flexibility index (Phi) is 3.68. The Morgan fingerprint density at radius 2 is 2.33 bits per heavy atom. The van der Waals surface area contributed by atoms with Crippen LogP contribution < -0.4 is 5.73 Å². The molecule has 0 aromatic carbocycles. The maximum atomic E-state index is 12.5. The van der Waals surface area contributed by atoms with E-state index in [1.807, 2.05) is 0 Å². The zero-order chi connectivity index (χ0) is 11.4. The normalized spacial score (nSPS) is 10.5. The average molecular weight is 216 g/mol. The number of rotatable bonds is 3. The maximum absolute atomic E-state index is 12.5. The molecule has 15 heavy (non-hydrogen) atoms. The number of nitrogens with zero attached hydrogens (tertiary/aromatic N) is 1. The fourth-order valence-electron chi connectivity index (χ4n) is 1.21. The van der Waals surface area contributed by atoms with Crippen LogP contribution in [-0.2, 0) is 11.3 Å². The Morgan fingerprint density at radius 1 is 1.67 bits per heavy atom. The molecule has 0 spiro atoms. The molecule has 1 rings (SSSR count). The monoisotopic (exact) mass is 216 g/mol. The third kappa shape index (κ3) is 2.27. The van der Waals surface area contributed by atoms with E-state index in [1.165, 1.54) is 13.2 Å². The zero-order valence-electron chi connectivity index (χ0n) is 8.04. The average Bonchev–Trinajstić information content (AvgIpc) is 2.26. The van der Waals surface area contributed by atoms with Crippen LogP contribution in [0.1, 0.15) is 28.0 Å². The number of esters is 1. The van der Waals surface area contributed by atoms with E-state index in [4.69, 9.17) is 5.73 Å². The van der Waals surface area contributed by atoms with Gasteiger partial charge in [-0.1, -0.05) is 0 Å². The summed E-state index contributed by atoms with van der Waals surface area (Å²) >= 11 is 0. The van der Waals surface area contributed by atoms with Crippen molar-refractivity contribution >= 4 is 5.97 Å². The topological polar surface area (TPSA) is 65.2 Å². The Bertz CT molecular complexity index is 369. The van der Waals surface area contributed by atoms with E-state index in [1.54, 1.807) is 0 Å². The summed E-state index contributed by atoms with van der Waals surface area (Å²) in [5.41, 5.74) is 4.89. The van der Waals surface area contributed by atoms with Crippen LogP contribution in [0.3, 0.4) is 0 Å². The largest absolute Gasteiger partial charge is 0.465 e. The summed E-state index contributed by atoms with van der Waals surface area (Å²) in [5.74, 6) is -0.695. The summed E-state index contributed by atoms with van der Waals surface area (Å²) < 4.78 is 29.4. The predicted molar refractivity (Wildman–Crippen MR) is 48.4 cm³/mol. The number of aromatic nitrogens is 1. The number of carbonyl (C=O) groups excluding carboxylic acids is 1. The molecule has 0 saturated carbocycles. The Hall–Kier alpha value is -1.56. The number of alkyl halides is 2. The van der Waals surface area contributed by atoms with Crippen LogP contribution in [0.5, 0.6) is 0 Å². The fraction of sp³-hybridized carbons (Fsp3) is 0.333. The molecular weight excluding hydrogens is 206 g/mol. The molecule has 1 aromatic rings. The summed E-state index contributed by atoms with van der Waals surface area (Å²) in [6.45, 7) is -0.183. The molecule has 82 valence electrons. The van der Waals surface area contributed by atoms with Crippen LogP contribution in [0.4, 0.5) is 8.78 Å². The van der Waals surface area contributed by atoms with E-state index in [-0.39, 0.29) is 17.7 Å². The van der Waals surface area contributed by atoms with Gasteiger partial charge in [-0.05, 0) is 6.07 Å². The highest BCUT2D eigenvalue weighted by atomic mass is 19.3. The van der Waals surface area contributed by atoms with Crippen LogP contribution in [0, 0.1) is 0 Å². The summed E-state index contributed by atoms with van der Waals surface area (Å²) in [7, 11) is 1.17. The van der Waals surface area contributed by atoms with Crippen molar-refractivity contribution in [2.75, 3.05) is 7.11 Å². The number of hydrogen-bond donors (Lipinski definition) is 1. The van der Waals surface area contributed by atoms with Crippen molar-refractivity contribution in [1.82, 2.24) is 4.98 Å². The van der Waals surface area contributed by atoms with E-state index < -0.39 is 18.1 Å². The molecule has 0 aliphatic carbocycles. The van der Waals surface area contributed by atoms with Crippen molar-refractivity contribution in [2.24, 2.45) is 5.73 Å². The van der Waals surface area contributed by atoms with Crippen LogP contribution in [0.25, 0.3) is 0 Å². The fourth-order valence-corrected chi connectivity index (χ4v) is 1.21. The predicted octanol–water partition coefficient (Wildman–Crippen LogP) is 1.26. The van der Waals surface area contributed by atoms with Crippen molar-refractivity contribution in [3.63, 3.8) is 0 Å². The molecule has 0 radical (unpaired) electrons. The smallest absolute Gasteiger partial charge is 0.338 e. The maximum Gasteiger partial charge on any atom is 0.338 e. The first kappa shape index (κ1) is 11.5. The van der Waals surface area contributed by atoms with Crippen LogP contribution in [-0.4, -0.2) is 18.1 Å². The molecule has 0 bridgehead atoms. The molecule has 1 aromatic heterocycles. The summed E-state index contributed by atoms with van der Waals surface area (Å²) in [5, 5.41) is 0. The lowest BCUT2D eigenvalue weighted by molar-refractivity contribution is 0.0598. The number of pyridine rings is 1. The highest BCUT2D eigenvalue weighted by Gasteiger charge is 2.20. The minimum absolute atomic E-state index is 0.0272. The highest BCUT2D eigenvalue weighted by molar-refractivity contribution is 5.91. The highest BCUT2D eigenvalue weighted by Crippen LogP contribution is 2.23. The van der Waals surface area contributed by atoms with Gasteiger partial charge in [-0.25, -0.2) is 13.6 Å². The standard InChI is InChI=1S/C9H10F2N2O2/c1-15-9(14)5-2-3-13-7(8(10)11)6(5)4-12/h2-3,8H,4,12H2,1H3. The van der Waals surface area contributed by atoms with Gasteiger partial charge in [-0.15, -0.1) is 0 Å². The van der Waals surface area contributed by atoms with E-state index in [0.29, 0.717) is 0 Å². The van der Waals surface area contributed by atoms with Crippen LogP contribution in [0.15, 0.2) is 12.3 Å². The van der Waals surface area contributed by atoms with E-state index >= 15 is 0 Å². The van der Waals surface area contributed by atoms with Crippen molar-refractivity contribution in [1.29, 1.82) is 0 Å². The quantitative estimate of drug-likeness (QED) is 0.772. The molecule has 0 fully saturated rings. The van der Waals surface area contributed by atoms with Gasteiger partial charge in [0.2, 0.25) is 0 Å². The molecule has 0 atom stereocenters. The lowest BCUT2D eigenvalue weighted by Gasteiger charge is -2.09. The summed E-state index contributed by atoms with van der Waals surface area (Å²) in [6, 6.07) is 1.31. The molecule has 0 aliphatic heterocycles. The number of hydrogen-bond acceptors (Lipinski definition) is 4.